The molecular weight excluding hydrogens is 540 g/mol. The van der Waals surface area contributed by atoms with Gasteiger partial charge in [-0.3, -0.25) is 4.79 Å². The summed E-state index contributed by atoms with van der Waals surface area (Å²) in [6, 6.07) is 32.0. The van der Waals surface area contributed by atoms with E-state index in [4.69, 9.17) is 24.7 Å². The van der Waals surface area contributed by atoms with Crippen molar-refractivity contribution >= 4 is 5.97 Å². The summed E-state index contributed by atoms with van der Waals surface area (Å²) in [6.45, 7) is 4.86. The Labute approximate surface area is 252 Å². The number of hydrogen-bond donors (Lipinski definition) is 1. The third-order valence-electron chi connectivity index (χ3n) is 7.38. The van der Waals surface area contributed by atoms with Gasteiger partial charge in [0, 0.05) is 11.6 Å². The van der Waals surface area contributed by atoms with Crippen LogP contribution in [0.15, 0.2) is 109 Å². The second kappa shape index (κ2) is 13.2. The van der Waals surface area contributed by atoms with Gasteiger partial charge in [0.25, 0.3) is 0 Å². The van der Waals surface area contributed by atoms with Crippen molar-refractivity contribution < 1.29 is 23.7 Å². The van der Waals surface area contributed by atoms with Crippen LogP contribution >= 0.6 is 0 Å². The lowest BCUT2D eigenvalue weighted by Crippen LogP contribution is -2.22. The summed E-state index contributed by atoms with van der Waals surface area (Å²) in [5, 5.41) is 10.0. The molecule has 4 aromatic carbocycles. The molecule has 0 bridgehead atoms. The molecule has 1 unspecified atom stereocenters. The van der Waals surface area contributed by atoms with Gasteiger partial charge in [-0.1, -0.05) is 86.6 Å². The van der Waals surface area contributed by atoms with Crippen molar-refractivity contribution in [3.05, 3.63) is 131 Å². The van der Waals surface area contributed by atoms with Crippen molar-refractivity contribution in [1.82, 2.24) is 0 Å². The summed E-state index contributed by atoms with van der Waals surface area (Å²) in [7, 11) is 1.58. The number of nitrogens with zero attached hydrogens (tertiary/aromatic N) is 1. The Morgan fingerprint density at radius 1 is 0.930 bits per heavy atom. The average Bonchev–Trinajstić information content (AvgIpc) is 3.01. The minimum absolute atomic E-state index is 0.00819. The summed E-state index contributed by atoms with van der Waals surface area (Å²) in [5.74, 6) is 0.844. The zero-order valence-electron chi connectivity index (χ0n) is 24.4. The molecular formula is C36H34N2O5. The number of allylic oxidation sites excluding steroid dienone is 1. The molecule has 0 aromatic heterocycles. The molecule has 1 aliphatic heterocycles. The Bertz CT molecular complexity index is 1620. The fourth-order valence-electron chi connectivity index (χ4n) is 5.16. The lowest BCUT2D eigenvalue weighted by Gasteiger charge is -2.27. The normalized spacial score (nSPS) is 14.1. The fourth-order valence-corrected chi connectivity index (χ4v) is 5.16. The van der Waals surface area contributed by atoms with E-state index < -0.39 is 17.8 Å². The van der Waals surface area contributed by atoms with Gasteiger partial charge in [-0.25, -0.2) is 0 Å². The first kappa shape index (κ1) is 29.3. The van der Waals surface area contributed by atoms with Crippen LogP contribution < -0.4 is 24.7 Å². The van der Waals surface area contributed by atoms with E-state index in [9.17, 15) is 10.1 Å². The number of nitrogens with two attached hydrogens (primary N) is 1. The Balaban J connectivity index is 1.45. The van der Waals surface area contributed by atoms with Crippen molar-refractivity contribution in [2.45, 2.75) is 32.1 Å². The molecule has 7 nitrogen and oxygen atoms in total. The third-order valence-corrected chi connectivity index (χ3v) is 7.38. The van der Waals surface area contributed by atoms with E-state index in [1.54, 1.807) is 25.3 Å². The molecule has 0 saturated carbocycles. The number of rotatable bonds is 10. The number of carbonyl (C=O) groups is 1. The maximum atomic E-state index is 13.6. The van der Waals surface area contributed by atoms with Crippen molar-refractivity contribution in [3.63, 3.8) is 0 Å². The Kier molecular flexibility index (Phi) is 8.97. The molecule has 1 atom stereocenters. The molecule has 0 radical (unpaired) electrons. The Hall–Kier alpha value is -5.22. The first-order valence-corrected chi connectivity index (χ1v) is 14.2. The summed E-state index contributed by atoms with van der Waals surface area (Å²) >= 11 is 0. The minimum Gasteiger partial charge on any atom is -0.493 e. The van der Waals surface area contributed by atoms with Crippen LogP contribution in [0.25, 0.3) is 0 Å². The van der Waals surface area contributed by atoms with Crippen LogP contribution in [-0.2, 0) is 4.79 Å². The number of methoxy groups -OCH3 is 1. The molecule has 0 fully saturated rings. The van der Waals surface area contributed by atoms with Crippen LogP contribution in [0.2, 0.25) is 0 Å². The van der Waals surface area contributed by atoms with Crippen molar-refractivity contribution in [2.75, 3.05) is 13.7 Å². The van der Waals surface area contributed by atoms with E-state index >= 15 is 0 Å². The van der Waals surface area contributed by atoms with Gasteiger partial charge in [0.2, 0.25) is 5.88 Å². The highest BCUT2D eigenvalue weighted by atomic mass is 16.5. The van der Waals surface area contributed by atoms with Crippen molar-refractivity contribution in [3.8, 4) is 29.1 Å². The van der Waals surface area contributed by atoms with E-state index in [2.05, 4.69) is 19.9 Å². The molecule has 0 aliphatic carbocycles. The van der Waals surface area contributed by atoms with Gasteiger partial charge in [-0.05, 0) is 47.2 Å². The molecule has 43 heavy (non-hydrogen) atoms. The maximum absolute atomic E-state index is 13.6. The van der Waals surface area contributed by atoms with Crippen molar-refractivity contribution in [2.24, 2.45) is 11.7 Å². The number of ether oxygens (including phenoxy) is 4. The number of carbonyl (C=O) groups excluding carboxylic acids is 1. The SMILES string of the molecule is COc1cc(C2C(C#N)=C(N)Oc3cc(OC(=O)C(c4ccccc4)c4ccccc4)ccc32)ccc1OCCC(C)C. The minimum atomic E-state index is -0.615. The Morgan fingerprint density at radius 2 is 1.60 bits per heavy atom. The highest BCUT2D eigenvalue weighted by Crippen LogP contribution is 2.45. The molecule has 4 aromatic rings. The van der Waals surface area contributed by atoms with Crippen LogP contribution in [0.4, 0.5) is 0 Å². The maximum Gasteiger partial charge on any atom is 0.323 e. The zero-order chi connectivity index (χ0) is 30.3. The number of hydrogen-bond acceptors (Lipinski definition) is 7. The van der Waals surface area contributed by atoms with E-state index in [0.29, 0.717) is 41.1 Å². The predicted molar refractivity (Wildman–Crippen MR) is 164 cm³/mol. The van der Waals surface area contributed by atoms with Gasteiger partial charge in [0.1, 0.15) is 29.1 Å². The summed E-state index contributed by atoms with van der Waals surface area (Å²) in [6.07, 6.45) is 0.917. The zero-order valence-corrected chi connectivity index (χ0v) is 24.4. The molecule has 0 amide bonds. The summed E-state index contributed by atoms with van der Waals surface area (Å²) < 4.78 is 23.4. The average molecular weight is 575 g/mol. The van der Waals surface area contributed by atoms with Crippen LogP contribution in [0.3, 0.4) is 0 Å². The van der Waals surface area contributed by atoms with Crippen LogP contribution in [-0.4, -0.2) is 19.7 Å². The first-order chi connectivity index (χ1) is 20.9. The van der Waals surface area contributed by atoms with E-state index in [1.807, 2.05) is 78.9 Å². The molecule has 0 saturated heterocycles. The largest absolute Gasteiger partial charge is 0.493 e. The van der Waals surface area contributed by atoms with Crippen LogP contribution in [0, 0.1) is 17.2 Å². The lowest BCUT2D eigenvalue weighted by atomic mass is 9.83. The summed E-state index contributed by atoms with van der Waals surface area (Å²) in [4.78, 5) is 13.6. The topological polar surface area (TPSA) is 104 Å². The van der Waals surface area contributed by atoms with E-state index in [-0.39, 0.29) is 11.5 Å². The smallest absolute Gasteiger partial charge is 0.323 e. The monoisotopic (exact) mass is 574 g/mol. The second-order valence-electron chi connectivity index (χ2n) is 10.7. The molecule has 1 aliphatic rings. The number of esters is 1. The van der Waals surface area contributed by atoms with E-state index in [0.717, 1.165) is 23.1 Å². The number of nitriles is 1. The van der Waals surface area contributed by atoms with Gasteiger partial charge in [0.15, 0.2) is 11.5 Å². The highest BCUT2D eigenvalue weighted by molar-refractivity contribution is 5.84. The molecule has 0 spiro atoms. The van der Waals surface area contributed by atoms with Gasteiger partial charge in [-0.2, -0.15) is 5.26 Å². The van der Waals surface area contributed by atoms with Crippen molar-refractivity contribution in [1.29, 1.82) is 5.26 Å². The van der Waals surface area contributed by atoms with Crippen LogP contribution in [0.5, 0.6) is 23.0 Å². The quantitative estimate of drug-likeness (QED) is 0.159. The molecule has 218 valence electrons. The molecule has 5 rings (SSSR count). The standard InChI is InChI=1S/C36H34N2O5/c1-23(2)18-19-41-30-17-14-26(20-32(30)40-3)34-28-16-15-27(21-31(28)43-35(38)29(34)22-37)42-36(39)33(24-10-6-4-7-11-24)25-12-8-5-9-13-25/h4-17,20-21,23,33-34H,18-19,38H2,1-3H3. The van der Waals surface area contributed by atoms with Gasteiger partial charge < -0.3 is 24.7 Å². The van der Waals surface area contributed by atoms with E-state index in [1.165, 1.54) is 0 Å². The van der Waals surface area contributed by atoms with Gasteiger partial charge >= 0.3 is 5.97 Å². The first-order valence-electron chi connectivity index (χ1n) is 14.2. The molecule has 1 heterocycles. The number of benzene rings is 4. The fraction of sp³-hybridized carbons (Fsp3) is 0.222. The Morgan fingerprint density at radius 3 is 2.21 bits per heavy atom. The molecule has 2 N–H and O–H groups in total. The predicted octanol–water partition coefficient (Wildman–Crippen LogP) is 7.08. The third kappa shape index (κ3) is 6.49. The van der Waals surface area contributed by atoms with Gasteiger partial charge in [0.05, 0.1) is 19.6 Å². The summed E-state index contributed by atoms with van der Waals surface area (Å²) in [5.41, 5.74) is 9.67. The number of fused-ring (bicyclic) bond motifs is 1. The lowest BCUT2D eigenvalue weighted by molar-refractivity contribution is -0.135. The highest BCUT2D eigenvalue weighted by Gasteiger charge is 2.32. The second-order valence-corrected chi connectivity index (χ2v) is 10.7. The molecule has 7 heteroatoms. The van der Waals surface area contributed by atoms with Crippen LogP contribution in [0.1, 0.15) is 54.4 Å². The van der Waals surface area contributed by atoms with Gasteiger partial charge in [-0.15, -0.1) is 0 Å².